The van der Waals surface area contributed by atoms with E-state index in [1.807, 2.05) is 5.38 Å². The van der Waals surface area contributed by atoms with Crippen molar-refractivity contribution in [3.05, 3.63) is 29.7 Å². The van der Waals surface area contributed by atoms with Crippen LogP contribution in [-0.4, -0.2) is 51.6 Å². The van der Waals surface area contributed by atoms with Crippen LogP contribution in [0.1, 0.15) is 24.5 Å². The van der Waals surface area contributed by atoms with E-state index in [-0.39, 0.29) is 6.47 Å². The number of piperidine rings is 1. The van der Waals surface area contributed by atoms with Gasteiger partial charge < -0.3 is 15.3 Å². The molecule has 0 aromatic carbocycles. The monoisotopic (exact) mass is 321 g/mol. The van der Waals surface area contributed by atoms with Gasteiger partial charge in [-0.25, -0.2) is 9.97 Å². The Bertz CT molecular complexity index is 570. The molecule has 0 atom stereocenters. The molecule has 2 aromatic heterocycles. The second kappa shape index (κ2) is 8.40. The Hall–Kier alpha value is -2.06. The molecule has 1 aliphatic heterocycles. The number of hydrogen-bond acceptors (Lipinski definition) is 7. The number of nitrogens with one attached hydrogen (secondary N) is 1. The fourth-order valence-corrected chi connectivity index (χ4v) is 2.94. The first-order chi connectivity index (χ1) is 10.7. The zero-order valence-corrected chi connectivity index (χ0v) is 13.2. The molecule has 3 rings (SSSR count). The third-order valence-electron chi connectivity index (χ3n) is 3.49. The topological polar surface area (TPSA) is 91.2 Å². The quantitative estimate of drug-likeness (QED) is 0.837. The molecule has 2 aromatic rings. The summed E-state index contributed by atoms with van der Waals surface area (Å²) in [5.74, 6) is 1.35. The number of carbonyl (C=O) groups is 1. The van der Waals surface area contributed by atoms with Crippen LogP contribution < -0.4 is 5.32 Å². The zero-order valence-electron chi connectivity index (χ0n) is 12.3. The Balaban J connectivity index is 0.000000545. The van der Waals surface area contributed by atoms with Gasteiger partial charge in [0.1, 0.15) is 0 Å². The highest BCUT2D eigenvalue weighted by atomic mass is 32.1. The van der Waals surface area contributed by atoms with Gasteiger partial charge in [0.15, 0.2) is 10.9 Å². The lowest BCUT2D eigenvalue weighted by molar-refractivity contribution is -0.122. The molecule has 0 spiro atoms. The smallest absolute Gasteiger partial charge is 0.290 e. The lowest BCUT2D eigenvalue weighted by atomic mass is 9.93. The molecule has 0 radical (unpaired) electrons. The zero-order chi connectivity index (χ0) is 15.8. The van der Waals surface area contributed by atoms with Crippen LogP contribution in [0, 0.1) is 0 Å². The van der Waals surface area contributed by atoms with Crippen LogP contribution in [0.4, 0.5) is 10.9 Å². The average Bonchev–Trinajstić information content (AvgIpc) is 3.03. The van der Waals surface area contributed by atoms with Crippen molar-refractivity contribution in [3.63, 3.8) is 0 Å². The van der Waals surface area contributed by atoms with Crippen LogP contribution in [0.3, 0.4) is 0 Å². The van der Waals surface area contributed by atoms with E-state index in [1.54, 1.807) is 29.9 Å². The van der Waals surface area contributed by atoms with Crippen LogP contribution >= 0.6 is 11.3 Å². The van der Waals surface area contributed by atoms with Gasteiger partial charge >= 0.3 is 0 Å². The van der Waals surface area contributed by atoms with Gasteiger partial charge in [-0.3, -0.25) is 9.78 Å². The molecule has 7 nitrogen and oxygen atoms in total. The number of aromatic nitrogens is 3. The molecule has 0 aliphatic carbocycles. The summed E-state index contributed by atoms with van der Waals surface area (Å²) in [5, 5.41) is 13.0. The maximum absolute atomic E-state index is 8.36. The fraction of sp³-hybridized carbons (Fsp3) is 0.429. The number of carboxylic acid groups (broad SMARTS) is 1. The molecule has 3 heterocycles. The Labute approximate surface area is 133 Å². The lowest BCUT2D eigenvalue weighted by Gasteiger charge is -2.29. The highest BCUT2D eigenvalue weighted by molar-refractivity contribution is 7.13. The molecule has 2 N–H and O–H groups in total. The number of thiazole rings is 1. The van der Waals surface area contributed by atoms with Gasteiger partial charge in [-0.1, -0.05) is 0 Å². The van der Waals surface area contributed by atoms with Gasteiger partial charge in [-0.2, -0.15) is 0 Å². The first-order valence-corrected chi connectivity index (χ1v) is 7.86. The highest BCUT2D eigenvalue weighted by Crippen LogP contribution is 2.31. The normalized spacial score (nSPS) is 15.7. The van der Waals surface area contributed by atoms with Crippen molar-refractivity contribution in [2.75, 3.05) is 25.5 Å². The van der Waals surface area contributed by atoms with Gasteiger partial charge in [-0.15, -0.1) is 11.3 Å². The number of anilines is 2. The summed E-state index contributed by atoms with van der Waals surface area (Å²) in [5.41, 5.74) is 1.07. The summed E-state index contributed by atoms with van der Waals surface area (Å²) in [6.07, 6.45) is 7.58. The number of rotatable bonds is 3. The van der Waals surface area contributed by atoms with Crippen LogP contribution in [-0.2, 0) is 4.79 Å². The second-order valence-corrected chi connectivity index (χ2v) is 5.83. The van der Waals surface area contributed by atoms with E-state index in [1.165, 1.54) is 0 Å². The summed E-state index contributed by atoms with van der Waals surface area (Å²) in [4.78, 5) is 23.9. The van der Waals surface area contributed by atoms with E-state index in [9.17, 15) is 0 Å². The average molecular weight is 321 g/mol. The van der Waals surface area contributed by atoms with E-state index in [0.717, 1.165) is 42.6 Å². The molecule has 118 valence electrons. The van der Waals surface area contributed by atoms with Crippen LogP contribution in [0.15, 0.2) is 24.0 Å². The SMILES string of the molecule is CN1CCC(c2nccnc2Nc2nccs2)CC1.O=CO. The standard InChI is InChI=1S/C13H17N5S.CH2O2/c1-18-7-2-10(3-8-18)11-12(15-5-4-14-11)17-13-16-6-9-19-13;2-1-3/h4-6,9-10H,2-3,7-8H2,1H3,(H,15,16,17);1H,(H,2,3). The minimum absolute atomic E-state index is 0.250. The molecule has 8 heteroatoms. The largest absolute Gasteiger partial charge is 0.483 e. The molecule has 0 amide bonds. The van der Waals surface area contributed by atoms with Gasteiger partial charge in [0.25, 0.3) is 6.47 Å². The van der Waals surface area contributed by atoms with E-state index >= 15 is 0 Å². The van der Waals surface area contributed by atoms with Crippen molar-refractivity contribution in [2.45, 2.75) is 18.8 Å². The molecular formula is C14H19N5O2S. The summed E-state index contributed by atoms with van der Waals surface area (Å²) in [6.45, 7) is 2.00. The number of likely N-dealkylation sites (tertiary alicyclic amines) is 1. The van der Waals surface area contributed by atoms with Crippen LogP contribution in [0.5, 0.6) is 0 Å². The second-order valence-electron chi connectivity index (χ2n) is 4.94. The molecule has 0 saturated carbocycles. The third-order valence-corrected chi connectivity index (χ3v) is 4.18. The van der Waals surface area contributed by atoms with Crippen molar-refractivity contribution in [1.82, 2.24) is 19.9 Å². The van der Waals surface area contributed by atoms with E-state index < -0.39 is 0 Å². The van der Waals surface area contributed by atoms with E-state index in [4.69, 9.17) is 9.90 Å². The summed E-state index contributed by atoms with van der Waals surface area (Å²) in [6, 6.07) is 0. The Morgan fingerprint density at radius 3 is 2.59 bits per heavy atom. The molecule has 1 fully saturated rings. The predicted octanol–water partition coefficient (Wildman–Crippen LogP) is 2.19. The third kappa shape index (κ3) is 4.47. The van der Waals surface area contributed by atoms with Crippen molar-refractivity contribution in [2.24, 2.45) is 0 Å². The summed E-state index contributed by atoms with van der Waals surface area (Å²) >= 11 is 1.58. The summed E-state index contributed by atoms with van der Waals surface area (Å²) in [7, 11) is 2.17. The Kier molecular flexibility index (Phi) is 6.23. The Morgan fingerprint density at radius 1 is 1.27 bits per heavy atom. The van der Waals surface area contributed by atoms with Crippen molar-refractivity contribution in [3.8, 4) is 0 Å². The molecule has 0 bridgehead atoms. The molecular weight excluding hydrogens is 302 g/mol. The minimum atomic E-state index is -0.250. The predicted molar refractivity (Wildman–Crippen MR) is 85.6 cm³/mol. The van der Waals surface area contributed by atoms with Crippen LogP contribution in [0.2, 0.25) is 0 Å². The van der Waals surface area contributed by atoms with Crippen molar-refractivity contribution < 1.29 is 9.90 Å². The molecule has 0 unspecified atom stereocenters. The van der Waals surface area contributed by atoms with E-state index in [2.05, 4.69) is 32.2 Å². The molecule has 1 aliphatic rings. The Morgan fingerprint density at radius 2 is 1.95 bits per heavy atom. The first kappa shape index (κ1) is 16.3. The lowest BCUT2D eigenvalue weighted by Crippen LogP contribution is -2.29. The number of nitrogens with zero attached hydrogens (tertiary/aromatic N) is 4. The minimum Gasteiger partial charge on any atom is -0.483 e. The van der Waals surface area contributed by atoms with Gasteiger partial charge in [0.05, 0.1) is 5.69 Å². The fourth-order valence-electron chi connectivity index (χ4n) is 2.41. The van der Waals surface area contributed by atoms with Gasteiger partial charge in [0, 0.05) is 29.9 Å². The summed E-state index contributed by atoms with van der Waals surface area (Å²) < 4.78 is 0. The van der Waals surface area contributed by atoms with Gasteiger partial charge in [-0.05, 0) is 33.0 Å². The van der Waals surface area contributed by atoms with Gasteiger partial charge in [0.2, 0.25) is 0 Å². The maximum atomic E-state index is 8.36. The van der Waals surface area contributed by atoms with E-state index in [0.29, 0.717) is 5.92 Å². The first-order valence-electron chi connectivity index (χ1n) is 6.98. The maximum Gasteiger partial charge on any atom is 0.290 e. The molecule has 22 heavy (non-hydrogen) atoms. The number of hydrogen-bond donors (Lipinski definition) is 2. The van der Waals surface area contributed by atoms with Crippen molar-refractivity contribution >= 4 is 28.8 Å². The molecule has 1 saturated heterocycles. The highest BCUT2D eigenvalue weighted by Gasteiger charge is 2.22. The van der Waals surface area contributed by atoms with Crippen molar-refractivity contribution in [1.29, 1.82) is 0 Å². The van der Waals surface area contributed by atoms with Crippen LogP contribution in [0.25, 0.3) is 0 Å².